The summed E-state index contributed by atoms with van der Waals surface area (Å²) in [6, 6.07) is 15.6. The van der Waals surface area contributed by atoms with Crippen molar-refractivity contribution in [2.24, 2.45) is 0 Å². The molecular formula is C23H26ClN3O2. The second-order valence-electron chi connectivity index (χ2n) is 7.18. The molecule has 1 unspecified atom stereocenters. The number of nitrogens with one attached hydrogen (secondary N) is 2. The molecule has 0 aliphatic rings. The maximum atomic E-state index is 12.4. The number of hydrogen-bond acceptors (Lipinski definition) is 4. The van der Waals surface area contributed by atoms with E-state index >= 15 is 0 Å². The molecule has 152 valence electrons. The molecule has 3 N–H and O–H groups in total. The molecular weight excluding hydrogens is 386 g/mol. The Morgan fingerprint density at radius 2 is 1.93 bits per heavy atom. The van der Waals surface area contributed by atoms with E-state index in [1.54, 1.807) is 6.07 Å². The van der Waals surface area contributed by atoms with Crippen LogP contribution in [0.3, 0.4) is 0 Å². The molecule has 0 aliphatic heterocycles. The first-order chi connectivity index (χ1) is 14.0. The topological polar surface area (TPSA) is 74.2 Å². The van der Waals surface area contributed by atoms with Crippen molar-refractivity contribution < 1.29 is 9.90 Å². The Labute approximate surface area is 176 Å². The Kier molecular flexibility index (Phi) is 7.20. The normalized spacial score (nSPS) is 12.1. The summed E-state index contributed by atoms with van der Waals surface area (Å²) in [6.45, 7) is 5.28. The van der Waals surface area contributed by atoms with Crippen LogP contribution in [0, 0.1) is 6.92 Å². The van der Waals surface area contributed by atoms with Gasteiger partial charge in [-0.25, -0.2) is 4.98 Å². The van der Waals surface area contributed by atoms with Gasteiger partial charge in [-0.15, -0.1) is 0 Å². The number of halogens is 1. The molecule has 0 aliphatic carbocycles. The Morgan fingerprint density at radius 3 is 2.72 bits per heavy atom. The van der Waals surface area contributed by atoms with Gasteiger partial charge in [0.25, 0.3) is 5.91 Å². The van der Waals surface area contributed by atoms with Crippen LogP contribution < -0.4 is 10.6 Å². The minimum atomic E-state index is -0.702. The maximum absolute atomic E-state index is 12.4. The zero-order valence-corrected chi connectivity index (χ0v) is 17.5. The fourth-order valence-electron chi connectivity index (χ4n) is 3.13. The van der Waals surface area contributed by atoms with Crippen LogP contribution in [0.4, 0.5) is 0 Å². The number of carbonyl (C=O) groups excluding carboxylic acids is 1. The Hall–Kier alpha value is -2.47. The van der Waals surface area contributed by atoms with Gasteiger partial charge in [0.1, 0.15) is 5.69 Å². The second kappa shape index (κ2) is 9.83. The molecule has 1 amide bonds. The number of carbonyl (C=O) groups is 1. The third-order valence-corrected chi connectivity index (χ3v) is 5.07. The first-order valence-corrected chi connectivity index (χ1v) is 10.2. The summed E-state index contributed by atoms with van der Waals surface area (Å²) >= 11 is 6.31. The Balaban J connectivity index is 1.51. The van der Waals surface area contributed by atoms with E-state index in [-0.39, 0.29) is 18.1 Å². The van der Waals surface area contributed by atoms with Crippen molar-refractivity contribution in [3.05, 3.63) is 75.9 Å². The molecule has 29 heavy (non-hydrogen) atoms. The molecule has 0 saturated carbocycles. The summed E-state index contributed by atoms with van der Waals surface area (Å²) in [5, 5.41) is 17.4. The lowest BCUT2D eigenvalue weighted by Crippen LogP contribution is -2.38. The van der Waals surface area contributed by atoms with E-state index in [1.807, 2.05) is 31.2 Å². The predicted molar refractivity (Wildman–Crippen MR) is 117 cm³/mol. The van der Waals surface area contributed by atoms with Gasteiger partial charge >= 0.3 is 0 Å². The smallest absolute Gasteiger partial charge is 0.270 e. The molecule has 0 fully saturated rings. The van der Waals surface area contributed by atoms with Gasteiger partial charge < -0.3 is 15.7 Å². The molecule has 1 atom stereocenters. The fraction of sp³-hybridized carbons (Fsp3) is 0.304. The number of nitrogens with zero attached hydrogens (tertiary/aromatic N) is 1. The number of aryl methyl sites for hydroxylation is 2. The number of aliphatic hydroxyl groups is 1. The van der Waals surface area contributed by atoms with Crippen molar-refractivity contribution in [1.29, 1.82) is 0 Å². The summed E-state index contributed by atoms with van der Waals surface area (Å²) in [5.74, 6) is -0.357. The molecule has 1 heterocycles. The van der Waals surface area contributed by atoms with Crippen LogP contribution in [0.25, 0.3) is 10.9 Å². The van der Waals surface area contributed by atoms with E-state index in [1.165, 1.54) is 11.1 Å². The quantitative estimate of drug-likeness (QED) is 0.529. The van der Waals surface area contributed by atoms with Gasteiger partial charge in [0.05, 0.1) is 16.6 Å². The summed E-state index contributed by atoms with van der Waals surface area (Å²) in [5.41, 5.74) is 4.45. The van der Waals surface area contributed by atoms with Crippen molar-refractivity contribution >= 4 is 28.4 Å². The molecule has 0 saturated heterocycles. The van der Waals surface area contributed by atoms with Crippen LogP contribution in [0.2, 0.25) is 5.02 Å². The Bertz CT molecular complexity index is 1010. The number of fused-ring (bicyclic) bond motifs is 1. The third kappa shape index (κ3) is 5.76. The van der Waals surface area contributed by atoms with Crippen LogP contribution >= 0.6 is 11.6 Å². The molecule has 3 aromatic rings. The Morgan fingerprint density at radius 1 is 1.14 bits per heavy atom. The molecule has 0 bridgehead atoms. The number of hydrogen-bond donors (Lipinski definition) is 3. The lowest BCUT2D eigenvalue weighted by Gasteiger charge is -2.13. The standard InChI is InChI=1S/C23H26ClN3O2/c1-3-16-5-4-6-17(10-16)12-25-13-18(28)14-26-23(29)22-11-20(24)19-9-15(2)7-8-21(19)27-22/h4-11,18,25,28H,3,12-14H2,1-2H3,(H,26,29). The van der Waals surface area contributed by atoms with E-state index in [0.29, 0.717) is 23.6 Å². The SMILES string of the molecule is CCc1cccc(CNCC(O)CNC(=O)c2cc(Cl)c3cc(C)ccc3n2)c1. The van der Waals surface area contributed by atoms with E-state index < -0.39 is 6.10 Å². The van der Waals surface area contributed by atoms with Gasteiger partial charge in [0.15, 0.2) is 0 Å². The van der Waals surface area contributed by atoms with Crippen molar-refractivity contribution in [3.63, 3.8) is 0 Å². The summed E-state index contributed by atoms with van der Waals surface area (Å²) < 4.78 is 0. The molecule has 1 aromatic heterocycles. The van der Waals surface area contributed by atoms with Gasteiger partial charge in [-0.2, -0.15) is 0 Å². The number of amides is 1. The number of rotatable bonds is 8. The van der Waals surface area contributed by atoms with Gasteiger partial charge in [-0.05, 0) is 42.7 Å². The number of pyridine rings is 1. The second-order valence-corrected chi connectivity index (χ2v) is 7.59. The lowest BCUT2D eigenvalue weighted by atomic mass is 10.1. The maximum Gasteiger partial charge on any atom is 0.270 e. The average Bonchev–Trinajstić information content (AvgIpc) is 2.72. The minimum absolute atomic E-state index is 0.131. The van der Waals surface area contributed by atoms with Crippen molar-refractivity contribution in [2.75, 3.05) is 13.1 Å². The van der Waals surface area contributed by atoms with Gasteiger partial charge in [0.2, 0.25) is 0 Å². The lowest BCUT2D eigenvalue weighted by molar-refractivity contribution is 0.0910. The molecule has 3 rings (SSSR count). The largest absolute Gasteiger partial charge is 0.390 e. The number of aliphatic hydroxyl groups excluding tert-OH is 1. The van der Waals surface area contributed by atoms with E-state index in [9.17, 15) is 9.90 Å². The molecule has 2 aromatic carbocycles. The summed E-state index contributed by atoms with van der Waals surface area (Å²) in [6.07, 6.45) is 0.293. The van der Waals surface area contributed by atoms with Gasteiger partial charge in [0, 0.05) is 25.0 Å². The highest BCUT2D eigenvalue weighted by atomic mass is 35.5. The van der Waals surface area contributed by atoms with Crippen LogP contribution in [0.5, 0.6) is 0 Å². The zero-order chi connectivity index (χ0) is 20.8. The average molecular weight is 412 g/mol. The predicted octanol–water partition coefficient (Wildman–Crippen LogP) is 3.64. The summed E-state index contributed by atoms with van der Waals surface area (Å²) in [4.78, 5) is 16.8. The van der Waals surface area contributed by atoms with Crippen LogP contribution in [-0.2, 0) is 13.0 Å². The van der Waals surface area contributed by atoms with Crippen LogP contribution in [-0.4, -0.2) is 35.2 Å². The first kappa shape index (κ1) is 21.2. The van der Waals surface area contributed by atoms with Crippen molar-refractivity contribution in [2.45, 2.75) is 32.9 Å². The van der Waals surface area contributed by atoms with E-state index in [2.05, 4.69) is 40.7 Å². The van der Waals surface area contributed by atoms with Crippen LogP contribution in [0.1, 0.15) is 34.1 Å². The molecule has 0 spiro atoms. The minimum Gasteiger partial charge on any atom is -0.390 e. The monoisotopic (exact) mass is 411 g/mol. The van der Waals surface area contributed by atoms with Crippen LogP contribution in [0.15, 0.2) is 48.5 Å². The van der Waals surface area contributed by atoms with Gasteiger partial charge in [-0.3, -0.25) is 4.79 Å². The molecule has 5 nitrogen and oxygen atoms in total. The highest BCUT2D eigenvalue weighted by molar-refractivity contribution is 6.35. The molecule has 6 heteroatoms. The highest BCUT2D eigenvalue weighted by Gasteiger charge is 2.13. The first-order valence-electron chi connectivity index (χ1n) is 9.78. The van der Waals surface area contributed by atoms with Crippen molar-refractivity contribution in [1.82, 2.24) is 15.6 Å². The van der Waals surface area contributed by atoms with E-state index in [4.69, 9.17) is 11.6 Å². The highest BCUT2D eigenvalue weighted by Crippen LogP contribution is 2.24. The number of aromatic nitrogens is 1. The van der Waals surface area contributed by atoms with Gasteiger partial charge in [-0.1, -0.05) is 54.4 Å². The number of benzene rings is 2. The summed E-state index contributed by atoms with van der Waals surface area (Å²) in [7, 11) is 0. The molecule has 0 radical (unpaired) electrons. The van der Waals surface area contributed by atoms with E-state index in [0.717, 1.165) is 17.4 Å². The van der Waals surface area contributed by atoms with Crippen molar-refractivity contribution in [3.8, 4) is 0 Å². The fourth-order valence-corrected chi connectivity index (χ4v) is 3.39. The zero-order valence-electron chi connectivity index (χ0n) is 16.7. The third-order valence-electron chi connectivity index (χ3n) is 4.75.